The molecule has 4 rings (SSSR count). The molecule has 7 nitrogen and oxygen atoms in total. The van der Waals surface area contributed by atoms with Crippen molar-refractivity contribution in [3.63, 3.8) is 0 Å². The summed E-state index contributed by atoms with van der Waals surface area (Å²) in [6.45, 7) is 1.92. The van der Waals surface area contributed by atoms with Crippen molar-refractivity contribution >= 4 is 33.0 Å². The van der Waals surface area contributed by atoms with Gasteiger partial charge in [-0.3, -0.25) is 9.36 Å². The molecule has 2 aromatic heterocycles. The molecule has 0 bridgehead atoms. The van der Waals surface area contributed by atoms with Crippen LogP contribution in [0.15, 0.2) is 51.7 Å². The largest absolute Gasteiger partial charge is 0.364 e. The van der Waals surface area contributed by atoms with E-state index in [9.17, 15) is 18.4 Å². The summed E-state index contributed by atoms with van der Waals surface area (Å²) < 4.78 is 31.0. The third-order valence-electron chi connectivity index (χ3n) is 4.57. The molecule has 0 unspecified atom stereocenters. The lowest BCUT2D eigenvalue weighted by molar-refractivity contribution is 0.0997. The zero-order valence-corrected chi connectivity index (χ0v) is 17.2. The van der Waals surface area contributed by atoms with Gasteiger partial charge in [-0.2, -0.15) is 0 Å². The first-order chi connectivity index (χ1) is 14.3. The first-order valence-electron chi connectivity index (χ1n) is 8.86. The normalized spacial score (nSPS) is 11.2. The molecule has 0 radical (unpaired) electrons. The highest BCUT2D eigenvalue weighted by Crippen LogP contribution is 2.27. The molecule has 0 saturated heterocycles. The van der Waals surface area contributed by atoms with Gasteiger partial charge in [-0.1, -0.05) is 15.9 Å². The summed E-state index contributed by atoms with van der Waals surface area (Å²) in [6, 6.07) is 9.39. The Morgan fingerprint density at radius 3 is 2.47 bits per heavy atom. The number of amides is 1. The molecule has 0 atom stereocenters. The van der Waals surface area contributed by atoms with Crippen molar-refractivity contribution in [1.29, 1.82) is 0 Å². The number of aryl methyl sites for hydroxylation is 1. The first kappa shape index (κ1) is 19.9. The number of nitrogens with two attached hydrogens (primary N) is 1. The predicted molar refractivity (Wildman–Crippen MR) is 110 cm³/mol. The van der Waals surface area contributed by atoms with Gasteiger partial charge in [-0.25, -0.2) is 28.1 Å². The van der Waals surface area contributed by atoms with E-state index in [-0.39, 0.29) is 34.8 Å². The minimum absolute atomic E-state index is 0.0242. The van der Waals surface area contributed by atoms with Crippen LogP contribution in [-0.2, 0) is 6.54 Å². The molecule has 4 aromatic rings. The Kier molecular flexibility index (Phi) is 4.94. The molecule has 2 aromatic carbocycles. The smallest absolute Gasteiger partial charge is 0.335 e. The Bertz CT molecular complexity index is 1360. The van der Waals surface area contributed by atoms with E-state index in [2.05, 4.69) is 25.9 Å². The molecular weight excluding hydrogens is 460 g/mol. The Balaban J connectivity index is 2.15. The number of fused-ring (bicyclic) bond motifs is 1. The lowest BCUT2D eigenvalue weighted by Crippen LogP contribution is -2.23. The summed E-state index contributed by atoms with van der Waals surface area (Å²) in [5.74, 6) is -2.09. The van der Waals surface area contributed by atoms with Crippen LogP contribution < -0.4 is 11.4 Å². The van der Waals surface area contributed by atoms with Crippen molar-refractivity contribution in [3.05, 3.63) is 74.7 Å². The molecule has 0 spiro atoms. The van der Waals surface area contributed by atoms with Crippen LogP contribution >= 0.6 is 15.9 Å². The molecule has 0 aliphatic carbocycles. The number of hydrogen-bond donors (Lipinski definition) is 1. The van der Waals surface area contributed by atoms with Gasteiger partial charge in [0.05, 0.1) is 11.3 Å². The second-order valence-electron chi connectivity index (χ2n) is 6.40. The van der Waals surface area contributed by atoms with Crippen LogP contribution in [0.3, 0.4) is 0 Å². The summed E-state index contributed by atoms with van der Waals surface area (Å²) in [4.78, 5) is 33.8. The number of aromatic nitrogens is 4. The minimum Gasteiger partial charge on any atom is -0.364 e. The maximum atomic E-state index is 14.5. The maximum absolute atomic E-state index is 14.5. The van der Waals surface area contributed by atoms with Crippen molar-refractivity contribution in [2.45, 2.75) is 13.5 Å². The van der Waals surface area contributed by atoms with E-state index in [0.29, 0.717) is 10.2 Å². The van der Waals surface area contributed by atoms with E-state index < -0.39 is 23.2 Å². The minimum atomic E-state index is -0.891. The Morgan fingerprint density at radius 1 is 1.13 bits per heavy atom. The number of benzene rings is 2. The van der Waals surface area contributed by atoms with E-state index in [4.69, 9.17) is 5.73 Å². The summed E-state index contributed by atoms with van der Waals surface area (Å²) >= 11 is 3.27. The van der Waals surface area contributed by atoms with Crippen molar-refractivity contribution in [1.82, 2.24) is 19.1 Å². The molecule has 0 saturated carbocycles. The fourth-order valence-electron chi connectivity index (χ4n) is 3.23. The standard InChI is InChI=1S/C20H14BrF2N5O2/c1-2-27-16-15(17(24)29)25-18(13-9-10(21)3-8-14(13)23)26-19(16)28(20(27)30)12-6-4-11(22)5-7-12/h3-9H,2H2,1H3,(H2,24,29). The van der Waals surface area contributed by atoms with Gasteiger partial charge >= 0.3 is 5.69 Å². The molecule has 10 heteroatoms. The quantitative estimate of drug-likeness (QED) is 0.491. The molecule has 1 amide bonds. The lowest BCUT2D eigenvalue weighted by Gasteiger charge is -2.08. The SMILES string of the molecule is CCn1c(=O)n(-c2ccc(F)cc2)c2nc(-c3cc(Br)ccc3F)nc(C(N)=O)c21. The number of hydrogen-bond acceptors (Lipinski definition) is 4. The van der Waals surface area contributed by atoms with Crippen molar-refractivity contribution in [3.8, 4) is 17.1 Å². The molecule has 2 heterocycles. The molecular formula is C20H14BrF2N5O2. The molecule has 0 aliphatic rings. The van der Waals surface area contributed by atoms with E-state index in [1.807, 2.05) is 0 Å². The van der Waals surface area contributed by atoms with Gasteiger partial charge in [0, 0.05) is 11.0 Å². The first-order valence-corrected chi connectivity index (χ1v) is 9.65. The monoisotopic (exact) mass is 473 g/mol. The van der Waals surface area contributed by atoms with Crippen LogP contribution in [0, 0.1) is 11.6 Å². The van der Waals surface area contributed by atoms with Gasteiger partial charge in [0.2, 0.25) is 0 Å². The number of nitrogens with zero attached hydrogens (tertiary/aromatic N) is 4. The Morgan fingerprint density at radius 2 is 1.83 bits per heavy atom. The third kappa shape index (κ3) is 3.18. The maximum Gasteiger partial charge on any atom is 0.335 e. The summed E-state index contributed by atoms with van der Waals surface area (Å²) in [6.07, 6.45) is 0. The third-order valence-corrected chi connectivity index (χ3v) is 5.07. The number of carbonyl (C=O) groups is 1. The number of imidazole rings is 1. The van der Waals surface area contributed by atoms with Crippen LogP contribution in [0.25, 0.3) is 28.2 Å². The summed E-state index contributed by atoms with van der Waals surface area (Å²) in [7, 11) is 0. The fraction of sp³-hybridized carbons (Fsp3) is 0.100. The van der Waals surface area contributed by atoms with E-state index in [0.717, 1.165) is 0 Å². The van der Waals surface area contributed by atoms with Crippen molar-refractivity contribution < 1.29 is 13.6 Å². The van der Waals surface area contributed by atoms with Crippen LogP contribution in [-0.4, -0.2) is 25.0 Å². The van der Waals surface area contributed by atoms with Gasteiger partial charge in [0.1, 0.15) is 17.2 Å². The topological polar surface area (TPSA) is 95.8 Å². The van der Waals surface area contributed by atoms with Crippen LogP contribution in [0.5, 0.6) is 0 Å². The van der Waals surface area contributed by atoms with Crippen molar-refractivity contribution in [2.75, 3.05) is 0 Å². The molecule has 0 fully saturated rings. The van der Waals surface area contributed by atoms with E-state index in [1.165, 1.54) is 51.6 Å². The van der Waals surface area contributed by atoms with Crippen LogP contribution in [0.1, 0.15) is 17.4 Å². The van der Waals surface area contributed by atoms with Gasteiger partial charge in [0.15, 0.2) is 17.2 Å². The van der Waals surface area contributed by atoms with Crippen LogP contribution in [0.2, 0.25) is 0 Å². The van der Waals surface area contributed by atoms with Crippen molar-refractivity contribution in [2.24, 2.45) is 5.73 Å². The highest BCUT2D eigenvalue weighted by Gasteiger charge is 2.24. The Labute approximate surface area is 176 Å². The Hall–Kier alpha value is -3.40. The number of rotatable bonds is 4. The number of halogens is 3. The number of carbonyl (C=O) groups excluding carboxylic acids is 1. The van der Waals surface area contributed by atoms with E-state index in [1.54, 1.807) is 6.92 Å². The van der Waals surface area contributed by atoms with Gasteiger partial charge in [0.25, 0.3) is 5.91 Å². The van der Waals surface area contributed by atoms with Crippen LogP contribution in [0.4, 0.5) is 8.78 Å². The predicted octanol–water partition coefficient (Wildman–Crippen LogP) is 3.41. The summed E-state index contributed by atoms with van der Waals surface area (Å²) in [5, 5.41) is 0. The zero-order valence-electron chi connectivity index (χ0n) is 15.6. The zero-order chi connectivity index (χ0) is 21.6. The highest BCUT2D eigenvalue weighted by molar-refractivity contribution is 9.10. The molecule has 2 N–H and O–H groups in total. The summed E-state index contributed by atoms with van der Waals surface area (Å²) in [5.41, 5.74) is 5.34. The number of primary amides is 1. The van der Waals surface area contributed by atoms with Gasteiger partial charge in [-0.15, -0.1) is 0 Å². The van der Waals surface area contributed by atoms with Gasteiger partial charge in [-0.05, 0) is 49.4 Å². The average Bonchev–Trinajstić information content (AvgIpc) is 3.00. The second-order valence-corrected chi connectivity index (χ2v) is 7.31. The van der Waals surface area contributed by atoms with Gasteiger partial charge < -0.3 is 5.73 Å². The lowest BCUT2D eigenvalue weighted by atomic mass is 10.2. The van der Waals surface area contributed by atoms with E-state index >= 15 is 0 Å². The average molecular weight is 474 g/mol. The molecule has 0 aliphatic heterocycles. The molecule has 152 valence electrons. The highest BCUT2D eigenvalue weighted by atomic mass is 79.9. The second kappa shape index (κ2) is 7.45. The molecule has 30 heavy (non-hydrogen) atoms. The fourth-order valence-corrected chi connectivity index (χ4v) is 3.59.